The summed E-state index contributed by atoms with van der Waals surface area (Å²) >= 11 is 0. The zero-order valence-electron chi connectivity index (χ0n) is 5.10. The molecule has 11 heavy (non-hydrogen) atoms. The fraction of sp³-hybridized carbons (Fsp3) is 0.500. The fourth-order valence-corrected chi connectivity index (χ4v) is 0.562. The van der Waals surface area contributed by atoms with Gasteiger partial charge in [0.1, 0.15) is 0 Å². The van der Waals surface area contributed by atoms with Crippen molar-refractivity contribution < 1.29 is 23.5 Å². The van der Waals surface area contributed by atoms with Crippen molar-refractivity contribution >= 4 is 11.9 Å². The minimum absolute atomic E-state index is 1.13. The summed E-state index contributed by atoms with van der Waals surface area (Å²) < 4.78 is 24.6. The second-order valence-corrected chi connectivity index (χ2v) is 1.95. The van der Waals surface area contributed by atoms with E-state index in [1.54, 1.807) is 0 Å². The molecule has 3 amide bonds. The van der Waals surface area contributed by atoms with Crippen molar-refractivity contribution in [2.75, 3.05) is 0 Å². The Balaban J connectivity index is 2.84. The number of halogens is 2. The predicted molar refractivity (Wildman–Crippen MR) is 27.6 cm³/mol. The lowest BCUT2D eigenvalue weighted by Gasteiger charge is -2.26. The number of carbonyl (C=O) groups is 2. The number of imide groups is 1. The largest absolute Gasteiger partial charge is 0.368 e. The number of alkyl halides is 2. The van der Waals surface area contributed by atoms with E-state index in [-0.39, 0.29) is 0 Å². The van der Waals surface area contributed by atoms with Gasteiger partial charge in [0.25, 0.3) is 0 Å². The summed E-state index contributed by atoms with van der Waals surface area (Å²) in [6, 6.07) is -1.13. The van der Waals surface area contributed by atoms with Crippen LogP contribution in [0.3, 0.4) is 0 Å². The van der Waals surface area contributed by atoms with E-state index in [4.69, 9.17) is 5.11 Å². The highest BCUT2D eigenvalue weighted by Gasteiger charge is 2.51. The maximum atomic E-state index is 12.3. The Hall–Kier alpha value is -1.24. The minimum Gasteiger partial charge on any atom is -0.368 e. The number of amides is 3. The lowest BCUT2D eigenvalue weighted by atomic mass is 10.2. The number of urea groups is 1. The Labute approximate surface area is 59.4 Å². The number of rotatable bonds is 0. The van der Waals surface area contributed by atoms with Gasteiger partial charge in [0, 0.05) is 0 Å². The first-order valence-corrected chi connectivity index (χ1v) is 2.62. The van der Waals surface area contributed by atoms with Gasteiger partial charge in [0.2, 0.25) is 6.23 Å². The smallest absolute Gasteiger partial charge is 0.368 e. The molecule has 62 valence electrons. The van der Waals surface area contributed by atoms with Crippen LogP contribution in [0.1, 0.15) is 0 Å². The van der Waals surface area contributed by atoms with Crippen molar-refractivity contribution in [3.8, 4) is 0 Å². The average molecular weight is 166 g/mol. The molecule has 1 heterocycles. The van der Waals surface area contributed by atoms with E-state index in [1.807, 2.05) is 0 Å². The molecule has 0 aromatic carbocycles. The van der Waals surface area contributed by atoms with E-state index in [0.717, 1.165) is 0 Å². The number of hydrogen-bond acceptors (Lipinski definition) is 3. The first-order chi connectivity index (χ1) is 4.94. The molecule has 0 saturated carbocycles. The van der Waals surface area contributed by atoms with E-state index in [2.05, 4.69) is 0 Å². The Bertz CT molecular complexity index is 217. The quantitative estimate of drug-likeness (QED) is 0.422. The van der Waals surface area contributed by atoms with E-state index in [0.29, 0.717) is 0 Å². The molecule has 0 aromatic rings. The summed E-state index contributed by atoms with van der Waals surface area (Å²) in [6.07, 6.45) is -2.44. The minimum atomic E-state index is -3.95. The molecule has 0 unspecified atom stereocenters. The normalized spacial score (nSPS) is 29.2. The number of carbonyl (C=O) groups excluding carboxylic acids is 2. The van der Waals surface area contributed by atoms with Crippen LogP contribution in [0.25, 0.3) is 0 Å². The van der Waals surface area contributed by atoms with Gasteiger partial charge < -0.3 is 10.4 Å². The molecule has 1 atom stereocenters. The van der Waals surface area contributed by atoms with Crippen molar-refractivity contribution in [1.82, 2.24) is 10.6 Å². The number of nitrogens with one attached hydrogen (secondary N) is 2. The van der Waals surface area contributed by atoms with Crippen LogP contribution in [0.4, 0.5) is 13.6 Å². The number of hydrogen-bond donors (Lipinski definition) is 3. The molecule has 1 rings (SSSR count). The van der Waals surface area contributed by atoms with Crippen LogP contribution in [0.15, 0.2) is 0 Å². The topological polar surface area (TPSA) is 78.4 Å². The van der Waals surface area contributed by atoms with Crippen LogP contribution in [0, 0.1) is 0 Å². The summed E-state index contributed by atoms with van der Waals surface area (Å²) in [6.45, 7) is 0. The first-order valence-electron chi connectivity index (χ1n) is 2.62. The van der Waals surface area contributed by atoms with Gasteiger partial charge in [-0.3, -0.25) is 10.1 Å². The highest BCUT2D eigenvalue weighted by atomic mass is 19.3. The molecule has 0 bridgehead atoms. The second kappa shape index (κ2) is 2.12. The van der Waals surface area contributed by atoms with E-state index in [9.17, 15) is 18.4 Å². The van der Waals surface area contributed by atoms with Gasteiger partial charge in [-0.1, -0.05) is 0 Å². The SMILES string of the molecule is O=C1NC(=O)C(F)(F)[C@H](O)N1. The summed E-state index contributed by atoms with van der Waals surface area (Å²) in [5.41, 5.74) is 0. The molecule has 0 aromatic heterocycles. The molecular formula is C4H4F2N2O3. The maximum Gasteiger partial charge on any atom is 0.368 e. The monoisotopic (exact) mass is 166 g/mol. The van der Waals surface area contributed by atoms with E-state index in [1.165, 1.54) is 10.6 Å². The molecular weight excluding hydrogens is 162 g/mol. The molecule has 1 aliphatic heterocycles. The van der Waals surface area contributed by atoms with Gasteiger partial charge in [-0.25, -0.2) is 4.79 Å². The zero-order chi connectivity index (χ0) is 8.65. The summed E-state index contributed by atoms with van der Waals surface area (Å²) in [4.78, 5) is 20.5. The molecule has 1 saturated heterocycles. The Morgan fingerprint density at radius 1 is 1.45 bits per heavy atom. The van der Waals surface area contributed by atoms with Gasteiger partial charge >= 0.3 is 17.9 Å². The molecule has 1 fully saturated rings. The van der Waals surface area contributed by atoms with Gasteiger partial charge in [0.15, 0.2) is 0 Å². The molecule has 3 N–H and O–H groups in total. The number of aliphatic hydroxyl groups excluding tert-OH is 1. The zero-order valence-corrected chi connectivity index (χ0v) is 5.10. The Morgan fingerprint density at radius 2 is 2.00 bits per heavy atom. The molecule has 1 aliphatic rings. The van der Waals surface area contributed by atoms with Crippen LogP contribution < -0.4 is 10.6 Å². The maximum absolute atomic E-state index is 12.3. The van der Waals surface area contributed by atoms with Crippen molar-refractivity contribution in [3.05, 3.63) is 0 Å². The van der Waals surface area contributed by atoms with Crippen molar-refractivity contribution in [2.45, 2.75) is 12.2 Å². The number of aliphatic hydroxyl groups is 1. The second-order valence-electron chi connectivity index (χ2n) is 1.95. The van der Waals surface area contributed by atoms with Crippen molar-refractivity contribution in [1.29, 1.82) is 0 Å². The Kier molecular flexibility index (Phi) is 1.52. The van der Waals surface area contributed by atoms with Gasteiger partial charge in [-0.05, 0) is 0 Å². The van der Waals surface area contributed by atoms with Gasteiger partial charge in [-0.2, -0.15) is 8.78 Å². The Morgan fingerprint density at radius 3 is 2.45 bits per heavy atom. The average Bonchev–Trinajstić information content (AvgIpc) is 1.84. The summed E-state index contributed by atoms with van der Waals surface area (Å²) in [7, 11) is 0. The third-order valence-corrected chi connectivity index (χ3v) is 1.14. The predicted octanol–water partition coefficient (Wildman–Crippen LogP) is -1.22. The highest BCUT2D eigenvalue weighted by Crippen LogP contribution is 2.19. The van der Waals surface area contributed by atoms with Crippen molar-refractivity contribution in [3.63, 3.8) is 0 Å². The van der Waals surface area contributed by atoms with Crippen LogP contribution in [0.2, 0.25) is 0 Å². The highest BCUT2D eigenvalue weighted by molar-refractivity contribution is 6.00. The van der Waals surface area contributed by atoms with Gasteiger partial charge in [-0.15, -0.1) is 0 Å². The first kappa shape index (κ1) is 7.86. The third-order valence-electron chi connectivity index (χ3n) is 1.14. The van der Waals surface area contributed by atoms with E-state index < -0.39 is 24.1 Å². The molecule has 7 heteroatoms. The van der Waals surface area contributed by atoms with E-state index >= 15 is 0 Å². The standard InChI is InChI=1S/C4H4F2N2O3/c5-4(6)1(9)7-3(11)8-2(4)10/h1,9H,(H2,7,8,10,11)/t1-/m0/s1. The summed E-state index contributed by atoms with van der Waals surface area (Å²) in [5.74, 6) is -5.75. The van der Waals surface area contributed by atoms with Gasteiger partial charge in [0.05, 0.1) is 0 Å². The molecule has 0 radical (unpaired) electrons. The molecule has 5 nitrogen and oxygen atoms in total. The molecule has 0 spiro atoms. The third kappa shape index (κ3) is 1.14. The van der Waals surface area contributed by atoms with Crippen LogP contribution in [-0.4, -0.2) is 29.2 Å². The molecule has 0 aliphatic carbocycles. The lowest BCUT2D eigenvalue weighted by Crippen LogP contribution is -2.64. The van der Waals surface area contributed by atoms with Crippen LogP contribution in [-0.2, 0) is 4.79 Å². The lowest BCUT2D eigenvalue weighted by molar-refractivity contribution is -0.168. The van der Waals surface area contributed by atoms with Crippen LogP contribution >= 0.6 is 0 Å². The fourth-order valence-electron chi connectivity index (χ4n) is 0.562. The summed E-state index contributed by atoms with van der Waals surface area (Å²) in [5, 5.41) is 11.2. The van der Waals surface area contributed by atoms with Crippen LogP contribution in [0.5, 0.6) is 0 Å². The van der Waals surface area contributed by atoms with Crippen molar-refractivity contribution in [2.24, 2.45) is 0 Å².